The Labute approximate surface area is 126 Å². The molecule has 0 spiro atoms. The van der Waals surface area contributed by atoms with Gasteiger partial charge in [-0.3, -0.25) is 4.79 Å². The van der Waals surface area contributed by atoms with E-state index in [9.17, 15) is 13.2 Å². The monoisotopic (exact) mass is 320 g/mol. The SMILES string of the molecule is NS(=O)(=O)c1cccc(NC(=O)c2ccc3c(c2)OCO3)c1. The molecule has 8 heteroatoms. The van der Waals surface area contributed by atoms with Crippen molar-refractivity contribution in [1.29, 1.82) is 0 Å². The van der Waals surface area contributed by atoms with Gasteiger partial charge in [-0.2, -0.15) is 0 Å². The zero-order chi connectivity index (χ0) is 15.7. The van der Waals surface area contributed by atoms with Gasteiger partial charge in [0.05, 0.1) is 4.90 Å². The number of primary sulfonamides is 1. The zero-order valence-electron chi connectivity index (χ0n) is 11.3. The molecule has 2 aromatic rings. The normalized spacial score (nSPS) is 13.0. The fourth-order valence-corrected chi connectivity index (χ4v) is 2.55. The molecule has 1 heterocycles. The average Bonchev–Trinajstić information content (AvgIpc) is 2.94. The van der Waals surface area contributed by atoms with Gasteiger partial charge in [0.1, 0.15) is 0 Å². The molecule has 0 fully saturated rings. The van der Waals surface area contributed by atoms with Crippen LogP contribution < -0.4 is 19.9 Å². The van der Waals surface area contributed by atoms with E-state index >= 15 is 0 Å². The van der Waals surface area contributed by atoms with Crippen LogP contribution in [-0.2, 0) is 10.0 Å². The highest BCUT2D eigenvalue weighted by atomic mass is 32.2. The number of carbonyl (C=O) groups is 1. The van der Waals surface area contributed by atoms with Gasteiger partial charge in [0.25, 0.3) is 5.91 Å². The molecule has 3 N–H and O–H groups in total. The summed E-state index contributed by atoms with van der Waals surface area (Å²) in [6.45, 7) is 0.122. The third-order valence-electron chi connectivity index (χ3n) is 3.06. The predicted molar refractivity (Wildman–Crippen MR) is 78.3 cm³/mol. The lowest BCUT2D eigenvalue weighted by Crippen LogP contribution is -2.14. The minimum absolute atomic E-state index is 0.0732. The molecule has 3 rings (SSSR count). The van der Waals surface area contributed by atoms with Crippen LogP contribution in [0.5, 0.6) is 11.5 Å². The molecule has 0 atom stereocenters. The van der Waals surface area contributed by atoms with Crippen LogP contribution in [0.4, 0.5) is 5.69 Å². The molecule has 1 amide bonds. The lowest BCUT2D eigenvalue weighted by atomic mass is 10.2. The van der Waals surface area contributed by atoms with E-state index in [0.29, 0.717) is 22.7 Å². The Bertz CT molecular complexity index is 848. The van der Waals surface area contributed by atoms with Gasteiger partial charge < -0.3 is 14.8 Å². The molecular weight excluding hydrogens is 308 g/mol. The van der Waals surface area contributed by atoms with E-state index in [1.807, 2.05) is 0 Å². The second kappa shape index (κ2) is 5.32. The minimum Gasteiger partial charge on any atom is -0.454 e. The number of carbonyl (C=O) groups excluding carboxylic acids is 1. The molecule has 0 aliphatic carbocycles. The van der Waals surface area contributed by atoms with Crippen molar-refractivity contribution in [1.82, 2.24) is 0 Å². The number of rotatable bonds is 3. The molecule has 114 valence electrons. The number of hydrogen-bond acceptors (Lipinski definition) is 5. The maximum atomic E-state index is 12.2. The highest BCUT2D eigenvalue weighted by Crippen LogP contribution is 2.32. The molecule has 22 heavy (non-hydrogen) atoms. The maximum absolute atomic E-state index is 12.2. The number of ether oxygens (including phenoxy) is 2. The second-order valence-electron chi connectivity index (χ2n) is 4.60. The van der Waals surface area contributed by atoms with Gasteiger partial charge in [-0.05, 0) is 36.4 Å². The van der Waals surface area contributed by atoms with Gasteiger partial charge in [0.2, 0.25) is 16.8 Å². The number of nitrogens with one attached hydrogen (secondary N) is 1. The van der Waals surface area contributed by atoms with E-state index in [4.69, 9.17) is 14.6 Å². The van der Waals surface area contributed by atoms with E-state index in [2.05, 4.69) is 5.32 Å². The highest BCUT2D eigenvalue weighted by molar-refractivity contribution is 7.89. The van der Waals surface area contributed by atoms with E-state index in [-0.39, 0.29) is 11.7 Å². The molecule has 1 aliphatic rings. The van der Waals surface area contributed by atoms with Crippen molar-refractivity contribution >= 4 is 21.6 Å². The molecule has 0 bridgehead atoms. The average molecular weight is 320 g/mol. The fraction of sp³-hybridized carbons (Fsp3) is 0.0714. The lowest BCUT2D eigenvalue weighted by molar-refractivity contribution is 0.102. The number of benzene rings is 2. The zero-order valence-corrected chi connectivity index (χ0v) is 12.1. The predicted octanol–water partition coefficient (Wildman–Crippen LogP) is 1.32. The number of fused-ring (bicyclic) bond motifs is 1. The van der Waals surface area contributed by atoms with E-state index in [1.54, 1.807) is 24.3 Å². The molecular formula is C14H12N2O5S. The van der Waals surface area contributed by atoms with Crippen LogP contribution in [0.3, 0.4) is 0 Å². The molecule has 7 nitrogen and oxygen atoms in total. The Morgan fingerprint density at radius 2 is 1.86 bits per heavy atom. The summed E-state index contributed by atoms with van der Waals surface area (Å²) in [6, 6.07) is 10.5. The van der Waals surface area contributed by atoms with Gasteiger partial charge >= 0.3 is 0 Å². The topological polar surface area (TPSA) is 108 Å². The Morgan fingerprint density at radius 1 is 1.09 bits per heavy atom. The quantitative estimate of drug-likeness (QED) is 0.886. The van der Waals surface area contributed by atoms with Crippen LogP contribution >= 0.6 is 0 Å². The van der Waals surface area contributed by atoms with E-state index in [1.165, 1.54) is 18.2 Å². The first-order valence-electron chi connectivity index (χ1n) is 6.27. The van der Waals surface area contributed by atoms with Crippen molar-refractivity contribution in [3.63, 3.8) is 0 Å². The molecule has 0 saturated carbocycles. The summed E-state index contributed by atoms with van der Waals surface area (Å²) in [5.41, 5.74) is 0.694. The van der Waals surface area contributed by atoms with Crippen molar-refractivity contribution < 1.29 is 22.7 Å². The van der Waals surface area contributed by atoms with Crippen molar-refractivity contribution in [3.05, 3.63) is 48.0 Å². The van der Waals surface area contributed by atoms with Crippen LogP contribution in [-0.4, -0.2) is 21.1 Å². The van der Waals surface area contributed by atoms with Crippen LogP contribution in [0.25, 0.3) is 0 Å². The summed E-state index contributed by atoms with van der Waals surface area (Å²) in [6.07, 6.45) is 0. The summed E-state index contributed by atoms with van der Waals surface area (Å²) in [4.78, 5) is 12.1. The van der Waals surface area contributed by atoms with Gasteiger partial charge in [0, 0.05) is 11.3 Å². The first-order chi connectivity index (χ1) is 10.4. The first kappa shape index (κ1) is 14.4. The van der Waals surface area contributed by atoms with Crippen LogP contribution in [0.1, 0.15) is 10.4 Å². The summed E-state index contributed by atoms with van der Waals surface area (Å²) in [5, 5.41) is 7.66. The van der Waals surface area contributed by atoms with Crippen LogP contribution in [0.2, 0.25) is 0 Å². The summed E-state index contributed by atoms with van der Waals surface area (Å²) in [7, 11) is -3.82. The maximum Gasteiger partial charge on any atom is 0.255 e. The van der Waals surface area contributed by atoms with Gasteiger partial charge in [0.15, 0.2) is 11.5 Å². The van der Waals surface area contributed by atoms with Crippen LogP contribution in [0, 0.1) is 0 Å². The third-order valence-corrected chi connectivity index (χ3v) is 3.97. The number of amides is 1. The molecule has 0 aromatic heterocycles. The molecule has 0 saturated heterocycles. The number of anilines is 1. The number of hydrogen-bond donors (Lipinski definition) is 2. The Kier molecular flexibility index (Phi) is 3.47. The highest BCUT2D eigenvalue weighted by Gasteiger charge is 2.16. The standard InChI is InChI=1S/C14H12N2O5S/c15-22(18,19)11-3-1-2-10(7-11)16-14(17)9-4-5-12-13(6-9)21-8-20-12/h1-7H,8H2,(H,16,17)(H2,15,18,19). The fourth-order valence-electron chi connectivity index (χ4n) is 1.99. The van der Waals surface area contributed by atoms with Crippen molar-refractivity contribution in [2.75, 3.05) is 12.1 Å². The Morgan fingerprint density at radius 3 is 2.64 bits per heavy atom. The van der Waals surface area contributed by atoms with E-state index < -0.39 is 15.9 Å². The molecule has 0 unspecified atom stereocenters. The van der Waals surface area contributed by atoms with E-state index in [0.717, 1.165) is 0 Å². The lowest BCUT2D eigenvalue weighted by Gasteiger charge is -2.07. The molecule has 2 aromatic carbocycles. The summed E-state index contributed by atoms with van der Waals surface area (Å²) >= 11 is 0. The van der Waals surface area contributed by atoms with Crippen molar-refractivity contribution in [3.8, 4) is 11.5 Å². The molecule has 0 radical (unpaired) electrons. The van der Waals surface area contributed by atoms with Crippen molar-refractivity contribution in [2.45, 2.75) is 4.90 Å². The largest absolute Gasteiger partial charge is 0.454 e. The second-order valence-corrected chi connectivity index (χ2v) is 6.16. The third kappa shape index (κ3) is 2.87. The smallest absolute Gasteiger partial charge is 0.255 e. The summed E-state index contributed by atoms with van der Waals surface area (Å²) in [5.74, 6) is 0.670. The van der Waals surface area contributed by atoms with Gasteiger partial charge in [-0.1, -0.05) is 6.07 Å². The van der Waals surface area contributed by atoms with Gasteiger partial charge in [-0.25, -0.2) is 13.6 Å². The Hall–Kier alpha value is -2.58. The van der Waals surface area contributed by atoms with Gasteiger partial charge in [-0.15, -0.1) is 0 Å². The number of sulfonamides is 1. The van der Waals surface area contributed by atoms with Crippen LogP contribution in [0.15, 0.2) is 47.4 Å². The minimum atomic E-state index is -3.82. The first-order valence-corrected chi connectivity index (χ1v) is 7.82. The Balaban J connectivity index is 1.83. The van der Waals surface area contributed by atoms with Crippen molar-refractivity contribution in [2.24, 2.45) is 5.14 Å². The summed E-state index contributed by atoms with van der Waals surface area (Å²) < 4.78 is 33.0. The molecule has 1 aliphatic heterocycles. The number of nitrogens with two attached hydrogens (primary N) is 1.